The van der Waals surface area contributed by atoms with Crippen molar-refractivity contribution in [2.45, 2.75) is 39.2 Å². The van der Waals surface area contributed by atoms with Crippen molar-refractivity contribution in [1.29, 1.82) is 0 Å². The number of nitrogens with zero attached hydrogens (tertiary/aromatic N) is 1. The lowest BCUT2D eigenvalue weighted by Crippen LogP contribution is -2.41. The Morgan fingerprint density at radius 2 is 1.77 bits per heavy atom. The molecule has 0 bridgehead atoms. The van der Waals surface area contributed by atoms with Crippen LogP contribution in [-0.2, 0) is 10.2 Å². The second-order valence-electron chi connectivity index (χ2n) is 7.62. The summed E-state index contributed by atoms with van der Waals surface area (Å²) in [5.74, 6) is 0.329. The Morgan fingerprint density at radius 1 is 1.12 bits per heavy atom. The molecule has 0 saturated carbocycles. The van der Waals surface area contributed by atoms with Crippen LogP contribution in [0.3, 0.4) is 0 Å². The number of carbonyl (C=O) groups is 2. The molecule has 26 heavy (non-hydrogen) atoms. The van der Waals surface area contributed by atoms with E-state index in [4.69, 9.17) is 4.74 Å². The highest BCUT2D eigenvalue weighted by atomic mass is 16.5. The zero-order valence-corrected chi connectivity index (χ0v) is 15.8. The number of hydrogen-bond acceptors (Lipinski definition) is 3. The van der Waals surface area contributed by atoms with Gasteiger partial charge in [0, 0.05) is 18.3 Å². The molecule has 5 nitrogen and oxygen atoms in total. The predicted molar refractivity (Wildman–Crippen MR) is 103 cm³/mol. The zero-order chi connectivity index (χ0) is 19.1. The fraction of sp³-hybridized carbons (Fsp3) is 0.333. The van der Waals surface area contributed by atoms with Crippen molar-refractivity contribution in [1.82, 2.24) is 0 Å². The van der Waals surface area contributed by atoms with E-state index in [1.165, 1.54) is 5.56 Å². The Morgan fingerprint density at radius 3 is 2.38 bits per heavy atom. The predicted octanol–water partition coefficient (Wildman–Crippen LogP) is 3.98. The Hall–Kier alpha value is -2.82. The molecule has 1 N–H and O–H groups in total. The molecule has 2 amide bonds. The van der Waals surface area contributed by atoms with Gasteiger partial charge in [-0.1, -0.05) is 32.9 Å². The van der Waals surface area contributed by atoms with Gasteiger partial charge in [0.25, 0.3) is 11.8 Å². The Balaban J connectivity index is 1.79. The van der Waals surface area contributed by atoms with Crippen LogP contribution < -0.4 is 15.0 Å². The van der Waals surface area contributed by atoms with E-state index >= 15 is 0 Å². The van der Waals surface area contributed by atoms with Gasteiger partial charge in [-0.2, -0.15) is 0 Å². The lowest BCUT2D eigenvalue weighted by Gasteiger charge is -2.30. The van der Waals surface area contributed by atoms with E-state index < -0.39 is 6.10 Å². The number of rotatable bonds is 2. The number of likely N-dealkylation sites (N-methyl/N-ethyl adjacent to an activating group) is 1. The Kier molecular flexibility index (Phi) is 4.48. The van der Waals surface area contributed by atoms with Crippen LogP contribution in [0.1, 0.15) is 43.6 Å². The van der Waals surface area contributed by atoms with Crippen LogP contribution in [0, 0.1) is 0 Å². The van der Waals surface area contributed by atoms with Gasteiger partial charge in [0.1, 0.15) is 5.75 Å². The highest BCUT2D eigenvalue weighted by Gasteiger charge is 2.29. The molecule has 0 saturated heterocycles. The minimum Gasteiger partial charge on any atom is -0.479 e. The van der Waals surface area contributed by atoms with Crippen molar-refractivity contribution in [3.63, 3.8) is 0 Å². The molecule has 1 heterocycles. The summed E-state index contributed by atoms with van der Waals surface area (Å²) in [4.78, 5) is 26.1. The first-order valence-electron chi connectivity index (χ1n) is 8.67. The summed E-state index contributed by atoms with van der Waals surface area (Å²) in [5, 5.41) is 2.88. The van der Waals surface area contributed by atoms with Gasteiger partial charge in [-0.15, -0.1) is 0 Å². The molecule has 1 aliphatic rings. The summed E-state index contributed by atoms with van der Waals surface area (Å²) in [6, 6.07) is 12.9. The molecule has 1 aliphatic heterocycles. The van der Waals surface area contributed by atoms with E-state index in [1.54, 1.807) is 37.1 Å². The molecule has 136 valence electrons. The van der Waals surface area contributed by atoms with Crippen LogP contribution >= 0.6 is 0 Å². The molecule has 0 unspecified atom stereocenters. The van der Waals surface area contributed by atoms with Crippen LogP contribution in [0.2, 0.25) is 0 Å². The van der Waals surface area contributed by atoms with Crippen LogP contribution in [-0.4, -0.2) is 25.0 Å². The van der Waals surface area contributed by atoms with Gasteiger partial charge in [0.2, 0.25) is 0 Å². The first kappa shape index (κ1) is 18.0. The van der Waals surface area contributed by atoms with Gasteiger partial charge >= 0.3 is 0 Å². The van der Waals surface area contributed by atoms with Gasteiger partial charge in [-0.3, -0.25) is 9.59 Å². The smallest absolute Gasteiger partial charge is 0.267 e. The molecule has 0 aliphatic carbocycles. The summed E-state index contributed by atoms with van der Waals surface area (Å²) in [6.45, 7) is 8.13. The second kappa shape index (κ2) is 6.48. The average Bonchev–Trinajstić information content (AvgIpc) is 2.60. The third-order valence-electron chi connectivity index (χ3n) is 4.57. The molecule has 0 spiro atoms. The molecule has 0 fully saturated rings. The van der Waals surface area contributed by atoms with E-state index in [-0.39, 0.29) is 17.2 Å². The maximum Gasteiger partial charge on any atom is 0.267 e. The molecule has 2 aromatic rings. The van der Waals surface area contributed by atoms with Crippen LogP contribution in [0.4, 0.5) is 11.4 Å². The van der Waals surface area contributed by atoms with Gasteiger partial charge in [-0.05, 0) is 48.2 Å². The SMILES string of the molecule is C[C@H]1Oc2ccc(NC(=O)c3ccc(C(C)(C)C)cc3)cc2N(C)C1=O. The summed E-state index contributed by atoms with van der Waals surface area (Å²) >= 11 is 0. The number of ether oxygens (including phenoxy) is 1. The molecular formula is C21H24N2O3. The van der Waals surface area contributed by atoms with Gasteiger partial charge in [0.15, 0.2) is 6.10 Å². The second-order valence-corrected chi connectivity index (χ2v) is 7.62. The van der Waals surface area contributed by atoms with Gasteiger partial charge in [0.05, 0.1) is 5.69 Å². The summed E-state index contributed by atoms with van der Waals surface area (Å²) < 4.78 is 5.60. The number of fused-ring (bicyclic) bond motifs is 1. The first-order valence-corrected chi connectivity index (χ1v) is 8.67. The number of nitrogens with one attached hydrogen (secondary N) is 1. The van der Waals surface area contributed by atoms with Crippen molar-refractivity contribution < 1.29 is 14.3 Å². The minimum atomic E-state index is -0.505. The standard InChI is InChI=1S/C21H24N2O3/c1-13-20(25)23(5)17-12-16(10-11-18(17)26-13)22-19(24)14-6-8-15(9-7-14)21(2,3)4/h6-13H,1-5H3,(H,22,24)/t13-/m1/s1. The third-order valence-corrected chi connectivity index (χ3v) is 4.57. The van der Waals surface area contributed by atoms with Crippen LogP contribution in [0.5, 0.6) is 5.75 Å². The number of amides is 2. The first-order chi connectivity index (χ1) is 12.2. The molecule has 5 heteroatoms. The monoisotopic (exact) mass is 352 g/mol. The molecule has 0 aromatic heterocycles. The minimum absolute atomic E-state index is 0.0434. The normalized spacial score (nSPS) is 16.7. The zero-order valence-electron chi connectivity index (χ0n) is 15.8. The maximum atomic E-state index is 12.5. The number of carbonyl (C=O) groups excluding carboxylic acids is 2. The van der Waals surface area contributed by atoms with Crippen molar-refractivity contribution in [3.05, 3.63) is 53.6 Å². The average molecular weight is 352 g/mol. The van der Waals surface area contributed by atoms with E-state index in [2.05, 4.69) is 26.1 Å². The van der Waals surface area contributed by atoms with Gasteiger partial charge in [-0.25, -0.2) is 0 Å². The summed E-state index contributed by atoms with van der Waals surface area (Å²) in [7, 11) is 1.71. The largest absolute Gasteiger partial charge is 0.479 e. The third kappa shape index (κ3) is 3.43. The topological polar surface area (TPSA) is 58.6 Å². The Labute approximate surface area is 154 Å². The molecule has 1 atom stereocenters. The summed E-state index contributed by atoms with van der Waals surface area (Å²) in [6.07, 6.45) is -0.505. The number of anilines is 2. The molecular weight excluding hydrogens is 328 g/mol. The van der Waals surface area contributed by atoms with E-state index in [0.29, 0.717) is 22.7 Å². The van der Waals surface area contributed by atoms with Gasteiger partial charge < -0.3 is 15.0 Å². The summed E-state index contributed by atoms with van der Waals surface area (Å²) in [5.41, 5.74) is 3.07. The fourth-order valence-electron chi connectivity index (χ4n) is 2.91. The van der Waals surface area contributed by atoms with E-state index in [9.17, 15) is 9.59 Å². The van der Waals surface area contributed by atoms with Crippen molar-refractivity contribution >= 4 is 23.2 Å². The number of benzene rings is 2. The lowest BCUT2D eigenvalue weighted by atomic mass is 9.87. The molecule has 0 radical (unpaired) electrons. The lowest BCUT2D eigenvalue weighted by molar-refractivity contribution is -0.125. The van der Waals surface area contributed by atoms with E-state index in [0.717, 1.165) is 0 Å². The Bertz CT molecular complexity index is 851. The van der Waals surface area contributed by atoms with Crippen molar-refractivity contribution in [2.75, 3.05) is 17.3 Å². The molecule has 3 rings (SSSR count). The fourth-order valence-corrected chi connectivity index (χ4v) is 2.91. The highest BCUT2D eigenvalue weighted by Crippen LogP contribution is 2.35. The van der Waals surface area contributed by atoms with E-state index in [1.807, 2.05) is 24.3 Å². The number of hydrogen-bond donors (Lipinski definition) is 1. The maximum absolute atomic E-state index is 12.5. The molecule has 2 aromatic carbocycles. The van der Waals surface area contributed by atoms with Crippen molar-refractivity contribution in [2.24, 2.45) is 0 Å². The quantitative estimate of drug-likeness (QED) is 0.889. The van der Waals surface area contributed by atoms with Crippen LogP contribution in [0.15, 0.2) is 42.5 Å². The van der Waals surface area contributed by atoms with Crippen molar-refractivity contribution in [3.8, 4) is 5.75 Å². The highest BCUT2D eigenvalue weighted by molar-refractivity contribution is 6.05. The van der Waals surface area contributed by atoms with Crippen LogP contribution in [0.25, 0.3) is 0 Å².